The Morgan fingerprint density at radius 1 is 1.29 bits per heavy atom. The molecule has 1 aromatic heterocycles. The fourth-order valence-electron chi connectivity index (χ4n) is 2.02. The second-order valence-corrected chi connectivity index (χ2v) is 4.31. The molecule has 0 bridgehead atoms. The van der Waals surface area contributed by atoms with Crippen LogP contribution in [0.5, 0.6) is 0 Å². The average Bonchev–Trinajstić information content (AvgIpc) is 2.73. The monoisotopic (exact) mass is 229 g/mol. The highest BCUT2D eigenvalue weighted by atomic mass is 15.0. The minimum Gasteiger partial charge on any atom is -0.379 e. The zero-order valence-corrected chi connectivity index (χ0v) is 10.7. The Morgan fingerprint density at radius 2 is 2.12 bits per heavy atom. The van der Waals surface area contributed by atoms with Crippen molar-refractivity contribution in [2.24, 2.45) is 0 Å². The molecular weight excluding hydrogens is 210 g/mol. The molecule has 17 heavy (non-hydrogen) atoms. The normalized spacial score (nSPS) is 10.5. The Balaban J connectivity index is 2.13. The van der Waals surface area contributed by atoms with Gasteiger partial charge in [0.1, 0.15) is 5.82 Å². The van der Waals surface area contributed by atoms with E-state index in [1.165, 1.54) is 16.8 Å². The zero-order valence-electron chi connectivity index (χ0n) is 10.7. The summed E-state index contributed by atoms with van der Waals surface area (Å²) in [4.78, 5) is 7.43. The highest BCUT2D eigenvalue weighted by Gasteiger charge is 2.04. The lowest BCUT2D eigenvalue weighted by atomic mass is 10.1. The van der Waals surface area contributed by atoms with Crippen molar-refractivity contribution in [3.8, 4) is 0 Å². The third kappa shape index (κ3) is 2.67. The maximum Gasteiger partial charge on any atom is 0.103 e. The van der Waals surface area contributed by atoms with Gasteiger partial charge in [0, 0.05) is 5.69 Å². The van der Waals surface area contributed by atoms with Crippen molar-refractivity contribution < 1.29 is 0 Å². The fraction of sp³-hybridized carbons (Fsp3) is 0.357. The van der Waals surface area contributed by atoms with Crippen LogP contribution in [0.2, 0.25) is 0 Å². The topological polar surface area (TPSA) is 40.7 Å². The highest BCUT2D eigenvalue weighted by Crippen LogP contribution is 2.21. The van der Waals surface area contributed by atoms with Crippen molar-refractivity contribution in [2.75, 3.05) is 5.32 Å². The molecule has 0 aliphatic heterocycles. The van der Waals surface area contributed by atoms with Crippen molar-refractivity contribution in [3.63, 3.8) is 0 Å². The van der Waals surface area contributed by atoms with Gasteiger partial charge in [0.2, 0.25) is 0 Å². The molecule has 0 saturated heterocycles. The van der Waals surface area contributed by atoms with E-state index < -0.39 is 0 Å². The van der Waals surface area contributed by atoms with Gasteiger partial charge in [-0.1, -0.05) is 25.1 Å². The third-order valence-corrected chi connectivity index (χ3v) is 2.95. The summed E-state index contributed by atoms with van der Waals surface area (Å²) in [7, 11) is 0. The molecule has 0 fully saturated rings. The Morgan fingerprint density at radius 3 is 2.76 bits per heavy atom. The molecule has 1 heterocycles. The first-order valence-electron chi connectivity index (χ1n) is 6.03. The Kier molecular flexibility index (Phi) is 3.47. The molecule has 90 valence electrons. The van der Waals surface area contributed by atoms with Crippen molar-refractivity contribution in [1.82, 2.24) is 9.97 Å². The molecular formula is C14H19N3. The van der Waals surface area contributed by atoms with Gasteiger partial charge in [-0.3, -0.25) is 0 Å². The number of hydrogen-bond donors (Lipinski definition) is 2. The molecule has 1 aromatic carbocycles. The smallest absolute Gasteiger partial charge is 0.103 e. The first kappa shape index (κ1) is 11.7. The van der Waals surface area contributed by atoms with E-state index in [0.29, 0.717) is 0 Å². The molecule has 0 spiro atoms. The van der Waals surface area contributed by atoms with E-state index in [9.17, 15) is 0 Å². The lowest BCUT2D eigenvalue weighted by Gasteiger charge is -2.13. The van der Waals surface area contributed by atoms with Crippen molar-refractivity contribution in [1.29, 1.82) is 0 Å². The van der Waals surface area contributed by atoms with E-state index in [0.717, 1.165) is 24.5 Å². The molecule has 0 unspecified atom stereocenters. The van der Waals surface area contributed by atoms with E-state index in [2.05, 4.69) is 47.3 Å². The van der Waals surface area contributed by atoms with Gasteiger partial charge in [0.15, 0.2) is 0 Å². The second kappa shape index (κ2) is 5.04. The molecule has 3 heteroatoms. The quantitative estimate of drug-likeness (QED) is 0.845. The van der Waals surface area contributed by atoms with Crippen LogP contribution in [-0.2, 0) is 13.0 Å². The summed E-state index contributed by atoms with van der Waals surface area (Å²) in [5.74, 6) is 0.960. The van der Waals surface area contributed by atoms with Crippen LogP contribution in [0.25, 0.3) is 0 Å². The van der Waals surface area contributed by atoms with E-state index in [-0.39, 0.29) is 0 Å². The summed E-state index contributed by atoms with van der Waals surface area (Å²) in [6, 6.07) is 6.42. The number of aromatic amines is 1. The summed E-state index contributed by atoms with van der Waals surface area (Å²) in [6.07, 6.45) is 2.93. The van der Waals surface area contributed by atoms with Crippen molar-refractivity contribution in [2.45, 2.75) is 33.7 Å². The van der Waals surface area contributed by atoms with Crippen LogP contribution >= 0.6 is 0 Å². The number of aromatic nitrogens is 2. The van der Waals surface area contributed by atoms with Crippen LogP contribution < -0.4 is 5.32 Å². The molecule has 0 saturated carbocycles. The summed E-state index contributed by atoms with van der Waals surface area (Å²) in [5.41, 5.74) is 5.02. The summed E-state index contributed by atoms with van der Waals surface area (Å²) in [5, 5.41) is 3.49. The van der Waals surface area contributed by atoms with Crippen LogP contribution in [-0.4, -0.2) is 9.97 Å². The Hall–Kier alpha value is -1.77. The number of aryl methyl sites for hydroxylation is 3. The number of rotatable bonds is 4. The third-order valence-electron chi connectivity index (χ3n) is 2.95. The minimum absolute atomic E-state index is 0.790. The van der Waals surface area contributed by atoms with Gasteiger partial charge in [0.05, 0.1) is 18.4 Å². The molecule has 0 atom stereocenters. The second-order valence-electron chi connectivity index (χ2n) is 4.31. The van der Waals surface area contributed by atoms with E-state index in [1.54, 1.807) is 0 Å². The van der Waals surface area contributed by atoms with Gasteiger partial charge >= 0.3 is 0 Å². The highest BCUT2D eigenvalue weighted by molar-refractivity contribution is 5.57. The van der Waals surface area contributed by atoms with Crippen LogP contribution in [0.1, 0.15) is 29.6 Å². The van der Waals surface area contributed by atoms with E-state index in [4.69, 9.17) is 0 Å². The summed E-state index contributed by atoms with van der Waals surface area (Å²) in [6.45, 7) is 7.08. The van der Waals surface area contributed by atoms with Gasteiger partial charge in [-0.15, -0.1) is 0 Å². The average molecular weight is 229 g/mol. The van der Waals surface area contributed by atoms with E-state index >= 15 is 0 Å². The van der Waals surface area contributed by atoms with Crippen LogP contribution in [0, 0.1) is 13.8 Å². The molecule has 0 aliphatic carbocycles. The van der Waals surface area contributed by atoms with E-state index in [1.807, 2.05) is 13.1 Å². The van der Waals surface area contributed by atoms with Gasteiger partial charge in [-0.2, -0.15) is 0 Å². The SMILES string of the molecule is CCc1cccc(C)c1NCc1cnc(C)[nH]1. The van der Waals surface area contributed by atoms with Gasteiger partial charge < -0.3 is 10.3 Å². The first-order chi connectivity index (χ1) is 8.20. The molecule has 0 amide bonds. The number of hydrogen-bond acceptors (Lipinski definition) is 2. The minimum atomic E-state index is 0.790. The molecule has 3 nitrogen and oxygen atoms in total. The lowest BCUT2D eigenvalue weighted by Crippen LogP contribution is -2.04. The van der Waals surface area contributed by atoms with Gasteiger partial charge in [0.25, 0.3) is 0 Å². The molecule has 0 aliphatic rings. The summed E-state index contributed by atoms with van der Waals surface area (Å²) < 4.78 is 0. The lowest BCUT2D eigenvalue weighted by molar-refractivity contribution is 1.03. The van der Waals surface area contributed by atoms with Crippen LogP contribution in [0.4, 0.5) is 5.69 Å². The number of para-hydroxylation sites is 1. The molecule has 2 N–H and O–H groups in total. The largest absolute Gasteiger partial charge is 0.379 e. The summed E-state index contributed by atoms with van der Waals surface area (Å²) >= 11 is 0. The van der Waals surface area contributed by atoms with Gasteiger partial charge in [-0.05, 0) is 31.4 Å². The van der Waals surface area contributed by atoms with Crippen molar-refractivity contribution in [3.05, 3.63) is 47.0 Å². The number of H-pyrrole nitrogens is 1. The number of benzene rings is 1. The predicted octanol–water partition coefficient (Wildman–Crippen LogP) is 3.20. The molecule has 2 aromatic rings. The maximum atomic E-state index is 4.20. The van der Waals surface area contributed by atoms with Gasteiger partial charge in [-0.25, -0.2) is 4.98 Å². The zero-order chi connectivity index (χ0) is 12.3. The number of nitrogens with one attached hydrogen (secondary N) is 2. The molecule has 2 rings (SSSR count). The van der Waals surface area contributed by atoms with Crippen LogP contribution in [0.15, 0.2) is 24.4 Å². The number of imidazole rings is 1. The predicted molar refractivity (Wildman–Crippen MR) is 71.2 cm³/mol. The maximum absolute atomic E-state index is 4.20. The van der Waals surface area contributed by atoms with Crippen molar-refractivity contribution >= 4 is 5.69 Å². The number of nitrogens with zero attached hydrogens (tertiary/aromatic N) is 1. The first-order valence-corrected chi connectivity index (χ1v) is 6.03. The molecule has 0 radical (unpaired) electrons. The Labute approximate surface area is 102 Å². The number of anilines is 1. The Bertz CT molecular complexity index is 500. The standard InChI is InChI=1S/C14H19N3/c1-4-12-7-5-6-10(2)14(12)16-9-13-8-15-11(3)17-13/h5-8,16H,4,9H2,1-3H3,(H,15,17). The fourth-order valence-corrected chi connectivity index (χ4v) is 2.02. The van der Waals surface area contributed by atoms with Crippen LogP contribution in [0.3, 0.4) is 0 Å².